The fourth-order valence-electron chi connectivity index (χ4n) is 1.50. The number of thiocarbonyl (C=S) groups is 1. The highest BCUT2D eigenvalue weighted by molar-refractivity contribution is 7.80. The summed E-state index contributed by atoms with van der Waals surface area (Å²) in [4.78, 5) is 0.119. The van der Waals surface area contributed by atoms with Gasteiger partial charge in [-0.2, -0.15) is 0 Å². The number of nitrogens with two attached hydrogens (primary N) is 1. The summed E-state index contributed by atoms with van der Waals surface area (Å²) in [5.41, 5.74) is 6.03. The van der Waals surface area contributed by atoms with Gasteiger partial charge in [0.05, 0.1) is 15.6 Å². The molecule has 19 heavy (non-hydrogen) atoms. The summed E-state index contributed by atoms with van der Waals surface area (Å²) < 4.78 is 18.6. The van der Waals surface area contributed by atoms with Crippen LogP contribution in [0, 0.1) is 5.82 Å². The van der Waals surface area contributed by atoms with Gasteiger partial charge in [0, 0.05) is 6.07 Å². The molecule has 6 heteroatoms. The molecule has 0 fully saturated rings. The van der Waals surface area contributed by atoms with Crippen LogP contribution in [-0.2, 0) is 0 Å². The Kier molecular flexibility index (Phi) is 4.24. The standard InChI is InChI=1S/C13H8Cl2FNOS/c14-8-2-1-3-11(12(8)13(17)19)18-7-4-5-10(16)9(15)6-7/h1-6H,(H2,17,19). The first kappa shape index (κ1) is 14.1. The van der Waals surface area contributed by atoms with E-state index in [-0.39, 0.29) is 10.0 Å². The fraction of sp³-hybridized carbons (Fsp3) is 0. The molecule has 0 heterocycles. The molecular weight excluding hydrogens is 308 g/mol. The lowest BCUT2D eigenvalue weighted by Crippen LogP contribution is -2.11. The number of ether oxygens (including phenoxy) is 1. The molecule has 0 spiro atoms. The number of hydrogen-bond donors (Lipinski definition) is 1. The lowest BCUT2D eigenvalue weighted by molar-refractivity contribution is 0.480. The van der Waals surface area contributed by atoms with Crippen molar-refractivity contribution in [1.29, 1.82) is 0 Å². The second-order valence-electron chi connectivity index (χ2n) is 3.66. The first-order chi connectivity index (χ1) is 8.99. The predicted octanol–water partition coefficient (Wildman–Crippen LogP) is 4.56. The molecule has 0 aliphatic rings. The maximum absolute atomic E-state index is 13.1. The molecule has 0 radical (unpaired) electrons. The van der Waals surface area contributed by atoms with Crippen LogP contribution in [0.4, 0.5) is 4.39 Å². The molecule has 0 unspecified atom stereocenters. The smallest absolute Gasteiger partial charge is 0.142 e. The quantitative estimate of drug-likeness (QED) is 0.843. The minimum Gasteiger partial charge on any atom is -0.457 e. The van der Waals surface area contributed by atoms with Gasteiger partial charge in [0.2, 0.25) is 0 Å². The summed E-state index contributed by atoms with van der Waals surface area (Å²) in [5, 5.41) is 0.356. The molecular formula is C13H8Cl2FNOS. The molecule has 0 aliphatic heterocycles. The monoisotopic (exact) mass is 315 g/mol. The second kappa shape index (κ2) is 5.74. The van der Waals surface area contributed by atoms with Gasteiger partial charge in [0.25, 0.3) is 0 Å². The first-order valence-electron chi connectivity index (χ1n) is 5.20. The minimum atomic E-state index is -0.519. The Labute approximate surface area is 124 Å². The highest BCUT2D eigenvalue weighted by Crippen LogP contribution is 2.31. The highest BCUT2D eigenvalue weighted by atomic mass is 35.5. The molecule has 0 aromatic heterocycles. The summed E-state index contributed by atoms with van der Waals surface area (Å²) in [6, 6.07) is 9.04. The van der Waals surface area contributed by atoms with Crippen LogP contribution in [0.5, 0.6) is 11.5 Å². The Morgan fingerprint density at radius 2 is 1.89 bits per heavy atom. The van der Waals surface area contributed by atoms with Gasteiger partial charge in [0.15, 0.2) is 0 Å². The second-order valence-corrected chi connectivity index (χ2v) is 4.91. The van der Waals surface area contributed by atoms with Crippen LogP contribution in [0.1, 0.15) is 5.56 Å². The van der Waals surface area contributed by atoms with Crippen molar-refractivity contribution in [2.24, 2.45) is 5.73 Å². The minimum absolute atomic E-state index is 0.0311. The molecule has 0 saturated heterocycles. The molecule has 2 aromatic rings. The summed E-state index contributed by atoms with van der Waals surface area (Å²) in [7, 11) is 0. The summed E-state index contributed by atoms with van der Waals surface area (Å²) >= 11 is 16.6. The summed E-state index contributed by atoms with van der Waals surface area (Å²) in [5.74, 6) is 0.239. The molecule has 0 amide bonds. The maximum atomic E-state index is 13.1. The van der Waals surface area contributed by atoms with Crippen LogP contribution in [-0.4, -0.2) is 4.99 Å². The molecule has 2 rings (SSSR count). The van der Waals surface area contributed by atoms with Gasteiger partial charge in [-0.05, 0) is 24.3 Å². The number of hydrogen-bond acceptors (Lipinski definition) is 2. The van der Waals surface area contributed by atoms with E-state index >= 15 is 0 Å². The number of benzene rings is 2. The van der Waals surface area contributed by atoms with E-state index in [4.69, 9.17) is 45.9 Å². The Bertz CT molecular complexity index is 649. The van der Waals surface area contributed by atoms with E-state index < -0.39 is 5.82 Å². The molecule has 0 saturated carbocycles. The van der Waals surface area contributed by atoms with Gasteiger partial charge in [0.1, 0.15) is 22.3 Å². The van der Waals surface area contributed by atoms with Crippen molar-refractivity contribution >= 4 is 40.4 Å². The zero-order valence-corrected chi connectivity index (χ0v) is 11.8. The van der Waals surface area contributed by atoms with E-state index in [0.29, 0.717) is 22.1 Å². The Morgan fingerprint density at radius 3 is 2.53 bits per heavy atom. The van der Waals surface area contributed by atoms with Gasteiger partial charge in [-0.3, -0.25) is 0 Å². The topological polar surface area (TPSA) is 35.2 Å². The third-order valence-electron chi connectivity index (χ3n) is 2.34. The average molecular weight is 316 g/mol. The van der Waals surface area contributed by atoms with Gasteiger partial charge < -0.3 is 10.5 Å². The van der Waals surface area contributed by atoms with Crippen LogP contribution in [0.15, 0.2) is 36.4 Å². The zero-order valence-electron chi connectivity index (χ0n) is 9.49. The fourth-order valence-corrected chi connectivity index (χ4v) is 2.20. The van der Waals surface area contributed by atoms with Crippen molar-refractivity contribution in [3.8, 4) is 11.5 Å². The summed E-state index contributed by atoms with van der Waals surface area (Å²) in [6.07, 6.45) is 0. The highest BCUT2D eigenvalue weighted by Gasteiger charge is 2.12. The lowest BCUT2D eigenvalue weighted by Gasteiger charge is -2.11. The molecule has 2 N–H and O–H groups in total. The number of rotatable bonds is 3. The van der Waals surface area contributed by atoms with Gasteiger partial charge in [-0.15, -0.1) is 0 Å². The van der Waals surface area contributed by atoms with E-state index in [1.165, 1.54) is 18.2 Å². The van der Waals surface area contributed by atoms with E-state index in [9.17, 15) is 4.39 Å². The van der Waals surface area contributed by atoms with Gasteiger partial charge in [-0.25, -0.2) is 4.39 Å². The van der Waals surface area contributed by atoms with E-state index in [0.717, 1.165) is 0 Å². The van der Waals surface area contributed by atoms with Crippen molar-refractivity contribution in [2.45, 2.75) is 0 Å². The molecule has 0 bridgehead atoms. The molecule has 0 aliphatic carbocycles. The van der Waals surface area contributed by atoms with E-state index in [1.807, 2.05) is 0 Å². The maximum Gasteiger partial charge on any atom is 0.142 e. The zero-order chi connectivity index (χ0) is 14.0. The first-order valence-corrected chi connectivity index (χ1v) is 6.36. The van der Waals surface area contributed by atoms with Crippen molar-refractivity contribution < 1.29 is 9.13 Å². The van der Waals surface area contributed by atoms with E-state index in [2.05, 4.69) is 0 Å². The normalized spacial score (nSPS) is 10.3. The van der Waals surface area contributed by atoms with Crippen LogP contribution in [0.25, 0.3) is 0 Å². The third-order valence-corrected chi connectivity index (χ3v) is 3.15. The van der Waals surface area contributed by atoms with Crippen molar-refractivity contribution in [1.82, 2.24) is 0 Å². The van der Waals surface area contributed by atoms with E-state index in [1.54, 1.807) is 18.2 Å². The number of halogens is 3. The summed E-state index contributed by atoms with van der Waals surface area (Å²) in [6.45, 7) is 0. The van der Waals surface area contributed by atoms with Gasteiger partial charge >= 0.3 is 0 Å². The Hall–Kier alpha value is -1.36. The van der Waals surface area contributed by atoms with Gasteiger partial charge in [-0.1, -0.05) is 41.5 Å². The lowest BCUT2D eigenvalue weighted by atomic mass is 10.2. The van der Waals surface area contributed by atoms with Crippen LogP contribution < -0.4 is 10.5 Å². The average Bonchev–Trinajstić information content (AvgIpc) is 2.33. The predicted molar refractivity (Wildman–Crippen MR) is 78.8 cm³/mol. The van der Waals surface area contributed by atoms with Crippen molar-refractivity contribution in [2.75, 3.05) is 0 Å². The van der Waals surface area contributed by atoms with Crippen molar-refractivity contribution in [3.63, 3.8) is 0 Å². The Morgan fingerprint density at radius 1 is 1.16 bits per heavy atom. The van der Waals surface area contributed by atoms with Crippen LogP contribution >= 0.6 is 35.4 Å². The molecule has 98 valence electrons. The SMILES string of the molecule is NC(=S)c1c(Cl)cccc1Oc1ccc(F)c(Cl)c1. The largest absolute Gasteiger partial charge is 0.457 e. The van der Waals surface area contributed by atoms with Crippen LogP contribution in [0.2, 0.25) is 10.0 Å². The molecule has 0 atom stereocenters. The van der Waals surface area contributed by atoms with Crippen molar-refractivity contribution in [3.05, 3.63) is 57.8 Å². The third kappa shape index (κ3) is 3.15. The Balaban J connectivity index is 2.40. The molecule has 2 nitrogen and oxygen atoms in total. The molecule has 2 aromatic carbocycles. The van der Waals surface area contributed by atoms with Crippen LogP contribution in [0.3, 0.4) is 0 Å².